The van der Waals surface area contributed by atoms with Gasteiger partial charge in [-0.25, -0.2) is 4.98 Å². The molecule has 1 aromatic heterocycles. The molecule has 1 aromatic rings. The first-order valence-electron chi connectivity index (χ1n) is 4.00. The van der Waals surface area contributed by atoms with E-state index in [0.717, 1.165) is 24.4 Å². The van der Waals surface area contributed by atoms with Gasteiger partial charge in [0.1, 0.15) is 5.82 Å². The Bertz CT molecular complexity index is 227. The highest BCUT2D eigenvalue weighted by Crippen LogP contribution is 2.03. The lowest BCUT2D eigenvalue weighted by molar-refractivity contribution is 0.665. The van der Waals surface area contributed by atoms with Crippen molar-refractivity contribution in [3.63, 3.8) is 0 Å². The number of rotatable bonds is 3. The van der Waals surface area contributed by atoms with E-state index in [-0.39, 0.29) is 0 Å². The number of nitrogens with zero attached hydrogens (tertiary/aromatic N) is 2. The maximum atomic E-state index is 5.52. The van der Waals surface area contributed by atoms with Crippen LogP contribution in [0.15, 0.2) is 6.20 Å². The molecule has 11 heavy (non-hydrogen) atoms. The molecule has 0 saturated heterocycles. The van der Waals surface area contributed by atoms with Crippen molar-refractivity contribution in [1.82, 2.24) is 9.55 Å². The van der Waals surface area contributed by atoms with E-state index in [1.807, 2.05) is 17.7 Å². The Kier molecular flexibility index (Phi) is 2.65. The Hall–Kier alpha value is -0.830. The molecule has 0 aromatic carbocycles. The fourth-order valence-electron chi connectivity index (χ4n) is 1.18. The largest absolute Gasteiger partial charge is 0.322 e. The van der Waals surface area contributed by atoms with Crippen molar-refractivity contribution < 1.29 is 0 Å². The zero-order valence-electron chi connectivity index (χ0n) is 7.17. The van der Waals surface area contributed by atoms with Crippen LogP contribution in [0.5, 0.6) is 0 Å². The lowest BCUT2D eigenvalue weighted by Crippen LogP contribution is -2.09. The molecule has 0 aliphatic heterocycles. The zero-order chi connectivity index (χ0) is 8.27. The van der Waals surface area contributed by atoms with E-state index in [9.17, 15) is 0 Å². The van der Waals surface area contributed by atoms with E-state index in [4.69, 9.17) is 5.73 Å². The van der Waals surface area contributed by atoms with Gasteiger partial charge in [0.25, 0.3) is 0 Å². The molecule has 0 amide bonds. The van der Waals surface area contributed by atoms with Gasteiger partial charge in [0.05, 0.1) is 12.4 Å². The summed E-state index contributed by atoms with van der Waals surface area (Å²) < 4.78 is 2.00. The fraction of sp³-hybridized carbons (Fsp3) is 0.625. The summed E-state index contributed by atoms with van der Waals surface area (Å²) in [6.07, 6.45) is 4.13. The number of imidazole rings is 1. The van der Waals surface area contributed by atoms with Crippen molar-refractivity contribution in [3.8, 4) is 0 Å². The summed E-state index contributed by atoms with van der Waals surface area (Å²) in [6, 6.07) is 0. The lowest BCUT2D eigenvalue weighted by Gasteiger charge is -2.00. The van der Waals surface area contributed by atoms with E-state index >= 15 is 0 Å². The van der Waals surface area contributed by atoms with Gasteiger partial charge in [0, 0.05) is 12.6 Å². The van der Waals surface area contributed by atoms with Gasteiger partial charge in [-0.3, -0.25) is 0 Å². The second kappa shape index (κ2) is 3.53. The highest BCUT2D eigenvalue weighted by molar-refractivity contribution is 5.01. The molecule has 3 heteroatoms. The van der Waals surface area contributed by atoms with Gasteiger partial charge in [-0.05, 0) is 13.3 Å². The van der Waals surface area contributed by atoms with E-state index < -0.39 is 0 Å². The minimum absolute atomic E-state index is 0.538. The first-order chi connectivity index (χ1) is 5.27. The van der Waals surface area contributed by atoms with Crippen molar-refractivity contribution in [2.24, 2.45) is 5.73 Å². The Morgan fingerprint density at radius 1 is 1.64 bits per heavy atom. The van der Waals surface area contributed by atoms with Crippen LogP contribution in [-0.2, 0) is 13.1 Å². The number of aromatic nitrogens is 2. The lowest BCUT2D eigenvalue weighted by atomic mass is 10.3. The molecule has 62 valence electrons. The van der Waals surface area contributed by atoms with E-state index in [0.29, 0.717) is 6.67 Å². The molecule has 3 nitrogen and oxygen atoms in total. The summed E-state index contributed by atoms with van der Waals surface area (Å²) in [5.74, 6) is 1.10. The van der Waals surface area contributed by atoms with Crippen molar-refractivity contribution in [1.29, 1.82) is 0 Å². The van der Waals surface area contributed by atoms with Gasteiger partial charge >= 0.3 is 0 Å². The Balaban J connectivity index is 2.83. The normalized spacial score (nSPS) is 10.5. The maximum absolute atomic E-state index is 5.52. The third-order valence-electron chi connectivity index (χ3n) is 1.65. The standard InChI is InChI=1S/C8H15N3/c1-3-4-8-10-7(2)5-11(8)6-9/h5H,3-4,6,9H2,1-2H3. The third-order valence-corrected chi connectivity index (χ3v) is 1.65. The predicted molar refractivity (Wildman–Crippen MR) is 45.1 cm³/mol. The Morgan fingerprint density at radius 2 is 2.36 bits per heavy atom. The van der Waals surface area contributed by atoms with E-state index in [1.54, 1.807) is 0 Å². The summed E-state index contributed by atoms with van der Waals surface area (Å²) in [5.41, 5.74) is 6.57. The van der Waals surface area contributed by atoms with Crippen LogP contribution in [0, 0.1) is 6.92 Å². The Morgan fingerprint density at radius 3 is 2.91 bits per heavy atom. The molecular formula is C8H15N3. The zero-order valence-corrected chi connectivity index (χ0v) is 7.17. The van der Waals surface area contributed by atoms with Gasteiger partial charge in [-0.1, -0.05) is 6.92 Å². The van der Waals surface area contributed by atoms with Gasteiger partial charge in [0.2, 0.25) is 0 Å². The molecule has 0 fully saturated rings. The van der Waals surface area contributed by atoms with Gasteiger partial charge in [0.15, 0.2) is 0 Å². The Labute approximate surface area is 67.2 Å². The van der Waals surface area contributed by atoms with Crippen LogP contribution in [0.2, 0.25) is 0 Å². The highest BCUT2D eigenvalue weighted by atomic mass is 15.1. The van der Waals surface area contributed by atoms with Crippen molar-refractivity contribution in [2.75, 3.05) is 0 Å². The van der Waals surface area contributed by atoms with Crippen molar-refractivity contribution in [3.05, 3.63) is 17.7 Å². The van der Waals surface area contributed by atoms with Crippen molar-refractivity contribution in [2.45, 2.75) is 33.4 Å². The van der Waals surface area contributed by atoms with Crippen LogP contribution in [0.3, 0.4) is 0 Å². The number of aryl methyl sites for hydroxylation is 2. The van der Waals surface area contributed by atoms with Gasteiger partial charge in [-0.15, -0.1) is 0 Å². The number of nitrogens with two attached hydrogens (primary N) is 1. The molecule has 0 radical (unpaired) electrons. The molecule has 0 atom stereocenters. The van der Waals surface area contributed by atoms with Crippen LogP contribution < -0.4 is 5.73 Å². The highest BCUT2D eigenvalue weighted by Gasteiger charge is 2.01. The minimum Gasteiger partial charge on any atom is -0.322 e. The average molecular weight is 153 g/mol. The van der Waals surface area contributed by atoms with Crippen LogP contribution >= 0.6 is 0 Å². The second-order valence-corrected chi connectivity index (χ2v) is 2.70. The third kappa shape index (κ3) is 1.80. The van der Waals surface area contributed by atoms with Crippen molar-refractivity contribution >= 4 is 0 Å². The monoisotopic (exact) mass is 153 g/mol. The molecule has 0 aliphatic carbocycles. The predicted octanol–water partition coefficient (Wildman–Crippen LogP) is 1.06. The van der Waals surface area contributed by atoms with E-state index in [2.05, 4.69) is 11.9 Å². The summed E-state index contributed by atoms with van der Waals surface area (Å²) in [7, 11) is 0. The molecule has 1 heterocycles. The smallest absolute Gasteiger partial charge is 0.110 e. The van der Waals surface area contributed by atoms with Crippen LogP contribution in [0.1, 0.15) is 24.9 Å². The molecule has 0 spiro atoms. The minimum atomic E-state index is 0.538. The summed E-state index contributed by atoms with van der Waals surface area (Å²) >= 11 is 0. The topological polar surface area (TPSA) is 43.8 Å². The van der Waals surface area contributed by atoms with Gasteiger partial charge in [-0.2, -0.15) is 0 Å². The molecule has 0 bridgehead atoms. The molecule has 1 rings (SSSR count). The fourth-order valence-corrected chi connectivity index (χ4v) is 1.18. The molecule has 2 N–H and O–H groups in total. The molecule has 0 unspecified atom stereocenters. The first-order valence-corrected chi connectivity index (χ1v) is 4.00. The quantitative estimate of drug-likeness (QED) is 0.705. The molecule has 0 aliphatic rings. The summed E-state index contributed by atoms with van der Waals surface area (Å²) in [5, 5.41) is 0. The second-order valence-electron chi connectivity index (χ2n) is 2.70. The maximum Gasteiger partial charge on any atom is 0.110 e. The molecule has 0 saturated carbocycles. The van der Waals surface area contributed by atoms with Crippen LogP contribution in [-0.4, -0.2) is 9.55 Å². The number of hydrogen-bond donors (Lipinski definition) is 1. The average Bonchev–Trinajstić information content (AvgIpc) is 2.32. The first kappa shape index (κ1) is 8.27. The summed E-state index contributed by atoms with van der Waals surface area (Å²) in [6.45, 7) is 4.67. The van der Waals surface area contributed by atoms with Crippen LogP contribution in [0.25, 0.3) is 0 Å². The van der Waals surface area contributed by atoms with Crippen LogP contribution in [0.4, 0.5) is 0 Å². The summed E-state index contributed by atoms with van der Waals surface area (Å²) in [4.78, 5) is 4.35. The van der Waals surface area contributed by atoms with E-state index in [1.165, 1.54) is 0 Å². The molecular weight excluding hydrogens is 138 g/mol. The van der Waals surface area contributed by atoms with Gasteiger partial charge < -0.3 is 10.3 Å². The number of hydrogen-bond acceptors (Lipinski definition) is 2. The SMILES string of the molecule is CCCc1nc(C)cn1CN.